The van der Waals surface area contributed by atoms with Gasteiger partial charge in [-0.05, 0) is 29.8 Å². The first-order chi connectivity index (χ1) is 14.4. The fraction of sp³-hybridized carbons (Fsp3) is 0.333. The Bertz CT molecular complexity index is 893. The molecule has 30 heavy (non-hydrogen) atoms. The number of nitro groups is 1. The number of ether oxygens (including phenoxy) is 1. The summed E-state index contributed by atoms with van der Waals surface area (Å²) in [5.41, 5.74) is 2.36. The molecule has 0 aromatic heterocycles. The Morgan fingerprint density at radius 3 is 2.33 bits per heavy atom. The van der Waals surface area contributed by atoms with Gasteiger partial charge in [0.05, 0.1) is 31.1 Å². The molecular formula is C21H24N4O5. The van der Waals surface area contributed by atoms with Crippen LogP contribution in [0.4, 0.5) is 17.1 Å². The molecule has 1 aliphatic heterocycles. The van der Waals surface area contributed by atoms with E-state index in [-0.39, 0.29) is 30.5 Å². The number of benzene rings is 2. The Morgan fingerprint density at radius 2 is 1.73 bits per heavy atom. The van der Waals surface area contributed by atoms with E-state index < -0.39 is 4.92 Å². The van der Waals surface area contributed by atoms with Crippen LogP contribution in [0, 0.1) is 10.1 Å². The molecule has 1 saturated heterocycles. The number of hydrogen-bond acceptors (Lipinski definition) is 6. The zero-order valence-corrected chi connectivity index (χ0v) is 16.7. The minimum Gasteiger partial charge on any atom is -0.378 e. The summed E-state index contributed by atoms with van der Waals surface area (Å²) in [7, 11) is 1.55. The summed E-state index contributed by atoms with van der Waals surface area (Å²) in [5.74, 6) is -0.546. The SMILES string of the molecule is CN(CC(=O)Nc1ccc(N2CCOCC2)cc1)C(=O)Cc1ccc([N+](=O)[O-])cc1. The van der Waals surface area contributed by atoms with Crippen molar-refractivity contribution in [2.75, 3.05) is 50.1 Å². The molecule has 0 saturated carbocycles. The molecule has 158 valence electrons. The van der Waals surface area contributed by atoms with Crippen molar-refractivity contribution in [2.45, 2.75) is 6.42 Å². The fourth-order valence-corrected chi connectivity index (χ4v) is 3.13. The zero-order valence-electron chi connectivity index (χ0n) is 16.7. The van der Waals surface area contributed by atoms with Crippen LogP contribution in [0.25, 0.3) is 0 Å². The average molecular weight is 412 g/mol. The van der Waals surface area contributed by atoms with Crippen molar-refractivity contribution in [1.82, 2.24) is 4.90 Å². The summed E-state index contributed by atoms with van der Waals surface area (Å²) in [6.07, 6.45) is 0.0655. The summed E-state index contributed by atoms with van der Waals surface area (Å²) in [6.45, 7) is 3.01. The van der Waals surface area contributed by atoms with Gasteiger partial charge in [-0.3, -0.25) is 19.7 Å². The van der Waals surface area contributed by atoms with Crippen molar-refractivity contribution in [3.05, 3.63) is 64.2 Å². The first-order valence-electron chi connectivity index (χ1n) is 9.62. The molecule has 9 heteroatoms. The maximum absolute atomic E-state index is 12.3. The topological polar surface area (TPSA) is 105 Å². The second-order valence-corrected chi connectivity index (χ2v) is 7.04. The maximum Gasteiger partial charge on any atom is 0.269 e. The summed E-state index contributed by atoms with van der Waals surface area (Å²) in [6, 6.07) is 13.4. The Balaban J connectivity index is 1.48. The van der Waals surface area contributed by atoms with Crippen molar-refractivity contribution < 1.29 is 19.2 Å². The molecule has 2 aromatic rings. The van der Waals surface area contributed by atoms with Gasteiger partial charge in [0.2, 0.25) is 11.8 Å². The van der Waals surface area contributed by atoms with Gasteiger partial charge in [-0.25, -0.2) is 0 Å². The summed E-state index contributed by atoms with van der Waals surface area (Å²) >= 11 is 0. The van der Waals surface area contributed by atoms with Gasteiger partial charge in [0.25, 0.3) is 5.69 Å². The Labute approximate surface area is 174 Å². The van der Waals surface area contributed by atoms with Crippen LogP contribution in [0.2, 0.25) is 0 Å². The van der Waals surface area contributed by atoms with Gasteiger partial charge in [0, 0.05) is 43.6 Å². The number of likely N-dealkylation sites (N-methyl/N-ethyl adjacent to an activating group) is 1. The van der Waals surface area contributed by atoms with E-state index in [1.165, 1.54) is 17.0 Å². The van der Waals surface area contributed by atoms with E-state index in [1.807, 2.05) is 24.3 Å². The molecule has 0 spiro atoms. The van der Waals surface area contributed by atoms with Crippen molar-refractivity contribution in [3.8, 4) is 0 Å². The number of nitrogens with zero attached hydrogens (tertiary/aromatic N) is 3. The van der Waals surface area contributed by atoms with Crippen LogP contribution in [0.5, 0.6) is 0 Å². The molecule has 2 amide bonds. The van der Waals surface area contributed by atoms with Crippen LogP contribution in [-0.4, -0.2) is 61.5 Å². The van der Waals surface area contributed by atoms with Crippen molar-refractivity contribution in [3.63, 3.8) is 0 Å². The van der Waals surface area contributed by atoms with E-state index in [9.17, 15) is 19.7 Å². The second-order valence-electron chi connectivity index (χ2n) is 7.04. The number of rotatable bonds is 7. The lowest BCUT2D eigenvalue weighted by atomic mass is 10.1. The van der Waals surface area contributed by atoms with E-state index in [0.717, 1.165) is 18.8 Å². The average Bonchev–Trinajstić information content (AvgIpc) is 2.75. The second kappa shape index (κ2) is 9.84. The van der Waals surface area contributed by atoms with Crippen LogP contribution in [0.15, 0.2) is 48.5 Å². The smallest absolute Gasteiger partial charge is 0.269 e. The van der Waals surface area contributed by atoms with E-state index in [4.69, 9.17) is 4.74 Å². The summed E-state index contributed by atoms with van der Waals surface area (Å²) in [5, 5.41) is 13.5. The molecule has 0 aliphatic carbocycles. The predicted octanol–water partition coefficient (Wildman–Crippen LogP) is 2.07. The van der Waals surface area contributed by atoms with Gasteiger partial charge in [-0.15, -0.1) is 0 Å². The zero-order chi connectivity index (χ0) is 21.5. The number of nitro benzene ring substituents is 1. The van der Waals surface area contributed by atoms with Crippen LogP contribution >= 0.6 is 0 Å². The fourth-order valence-electron chi connectivity index (χ4n) is 3.13. The molecule has 9 nitrogen and oxygen atoms in total. The molecule has 1 N–H and O–H groups in total. The Morgan fingerprint density at radius 1 is 1.10 bits per heavy atom. The third-order valence-corrected chi connectivity index (χ3v) is 4.84. The molecule has 0 atom stereocenters. The Hall–Kier alpha value is -3.46. The molecule has 3 rings (SSSR count). The van der Waals surface area contributed by atoms with Gasteiger partial charge in [-0.1, -0.05) is 12.1 Å². The molecule has 1 heterocycles. The van der Waals surface area contributed by atoms with Crippen molar-refractivity contribution >= 4 is 28.9 Å². The lowest BCUT2D eigenvalue weighted by Crippen LogP contribution is -2.36. The maximum atomic E-state index is 12.3. The first kappa shape index (κ1) is 21.3. The standard InChI is InChI=1S/C21H24N4O5/c1-23(21(27)14-16-2-6-19(7-3-16)25(28)29)15-20(26)22-17-4-8-18(9-5-17)24-10-12-30-13-11-24/h2-9H,10-15H2,1H3,(H,22,26). The van der Waals surface area contributed by atoms with Crippen LogP contribution < -0.4 is 10.2 Å². The van der Waals surface area contributed by atoms with Gasteiger partial charge >= 0.3 is 0 Å². The van der Waals surface area contributed by atoms with Crippen LogP contribution in [0.3, 0.4) is 0 Å². The third kappa shape index (κ3) is 5.77. The molecule has 0 radical (unpaired) electrons. The molecular weight excluding hydrogens is 388 g/mol. The van der Waals surface area contributed by atoms with E-state index in [0.29, 0.717) is 24.5 Å². The number of amides is 2. The van der Waals surface area contributed by atoms with Gasteiger partial charge < -0.3 is 19.9 Å². The summed E-state index contributed by atoms with van der Waals surface area (Å²) < 4.78 is 5.35. The van der Waals surface area contributed by atoms with Crippen molar-refractivity contribution in [1.29, 1.82) is 0 Å². The summed E-state index contributed by atoms with van der Waals surface area (Å²) in [4.78, 5) is 38.4. The monoisotopic (exact) mass is 412 g/mol. The number of morpholine rings is 1. The largest absolute Gasteiger partial charge is 0.378 e. The van der Waals surface area contributed by atoms with Crippen LogP contribution in [0.1, 0.15) is 5.56 Å². The van der Waals surface area contributed by atoms with Crippen LogP contribution in [-0.2, 0) is 20.7 Å². The molecule has 1 fully saturated rings. The minimum absolute atomic E-state index is 0.0291. The van der Waals surface area contributed by atoms with Gasteiger partial charge in [0.15, 0.2) is 0 Å². The van der Waals surface area contributed by atoms with Gasteiger partial charge in [-0.2, -0.15) is 0 Å². The predicted molar refractivity (Wildman–Crippen MR) is 113 cm³/mol. The van der Waals surface area contributed by atoms with Gasteiger partial charge in [0.1, 0.15) is 0 Å². The molecule has 0 bridgehead atoms. The first-order valence-corrected chi connectivity index (χ1v) is 9.62. The van der Waals surface area contributed by atoms with Crippen molar-refractivity contribution in [2.24, 2.45) is 0 Å². The van der Waals surface area contributed by atoms with E-state index >= 15 is 0 Å². The number of nitrogens with one attached hydrogen (secondary N) is 1. The third-order valence-electron chi connectivity index (χ3n) is 4.84. The quantitative estimate of drug-likeness (QED) is 0.551. The number of hydrogen-bond donors (Lipinski definition) is 1. The van der Waals surface area contributed by atoms with E-state index in [2.05, 4.69) is 10.2 Å². The number of carbonyl (C=O) groups excluding carboxylic acids is 2. The van der Waals surface area contributed by atoms with E-state index in [1.54, 1.807) is 19.2 Å². The lowest BCUT2D eigenvalue weighted by Gasteiger charge is -2.28. The normalized spacial score (nSPS) is 13.6. The molecule has 0 unspecified atom stereocenters. The highest BCUT2D eigenvalue weighted by molar-refractivity contribution is 5.94. The highest BCUT2D eigenvalue weighted by Crippen LogP contribution is 2.19. The number of anilines is 2. The minimum atomic E-state index is -0.491. The molecule has 1 aliphatic rings. The lowest BCUT2D eigenvalue weighted by molar-refractivity contribution is -0.384. The Kier molecular flexibility index (Phi) is 6.97. The highest BCUT2D eigenvalue weighted by Gasteiger charge is 2.15. The molecule has 2 aromatic carbocycles. The highest BCUT2D eigenvalue weighted by atomic mass is 16.6. The number of non-ortho nitro benzene ring substituents is 1. The number of carbonyl (C=O) groups is 2.